The Labute approximate surface area is 148 Å². The molecule has 1 aliphatic carbocycles. The highest BCUT2D eigenvalue weighted by molar-refractivity contribution is 14.0. The number of guanidine groups is 1. The second-order valence-electron chi connectivity index (χ2n) is 5.43. The summed E-state index contributed by atoms with van der Waals surface area (Å²) in [7, 11) is 1.95. The maximum absolute atomic E-state index is 6.01. The number of fused-ring (bicyclic) bond motifs is 1. The van der Waals surface area contributed by atoms with Crippen LogP contribution in [-0.2, 0) is 26.4 Å². The first kappa shape index (κ1) is 16.8. The van der Waals surface area contributed by atoms with Crippen LogP contribution in [0.2, 0.25) is 0 Å². The van der Waals surface area contributed by atoms with Crippen molar-refractivity contribution >= 4 is 35.6 Å². The standard InChI is InChI=1S/C16H21N5.HI/c1-21-10-9-18-15(21)11-19-16(17)20-14-8-4-6-12-5-2-3-7-13(12)14;/h4,6,8-10H,2-3,5,7,11H2,1H3,(H3,17,19,20);1H. The van der Waals surface area contributed by atoms with Gasteiger partial charge in [-0.05, 0) is 42.9 Å². The molecule has 0 radical (unpaired) electrons. The van der Waals surface area contributed by atoms with Crippen LogP contribution >= 0.6 is 24.0 Å². The Morgan fingerprint density at radius 2 is 2.18 bits per heavy atom. The minimum Gasteiger partial charge on any atom is -0.370 e. The summed E-state index contributed by atoms with van der Waals surface area (Å²) in [4.78, 5) is 8.61. The fourth-order valence-corrected chi connectivity index (χ4v) is 2.78. The molecule has 0 bridgehead atoms. The molecule has 1 aliphatic rings. The van der Waals surface area contributed by atoms with Crippen LogP contribution in [0.1, 0.15) is 29.8 Å². The van der Waals surface area contributed by atoms with Gasteiger partial charge in [0.05, 0.1) is 0 Å². The minimum absolute atomic E-state index is 0. The first-order valence-corrected chi connectivity index (χ1v) is 7.38. The molecule has 0 saturated carbocycles. The van der Waals surface area contributed by atoms with Gasteiger partial charge in [-0.2, -0.15) is 0 Å². The lowest BCUT2D eigenvalue weighted by Crippen LogP contribution is -2.24. The van der Waals surface area contributed by atoms with Crippen LogP contribution in [0.5, 0.6) is 0 Å². The summed E-state index contributed by atoms with van der Waals surface area (Å²) < 4.78 is 1.95. The number of hydrogen-bond acceptors (Lipinski definition) is 2. The molecule has 0 saturated heterocycles. The maximum Gasteiger partial charge on any atom is 0.193 e. The highest BCUT2D eigenvalue weighted by atomic mass is 127. The van der Waals surface area contributed by atoms with Crippen molar-refractivity contribution < 1.29 is 0 Å². The van der Waals surface area contributed by atoms with Gasteiger partial charge in [0.1, 0.15) is 12.4 Å². The number of imidazole rings is 1. The van der Waals surface area contributed by atoms with Crippen LogP contribution in [0.4, 0.5) is 5.69 Å². The Bertz CT molecular complexity index is 662. The molecular weight excluding hydrogens is 389 g/mol. The number of hydrogen-bond donors (Lipinski definition) is 2. The van der Waals surface area contributed by atoms with Crippen molar-refractivity contribution in [2.45, 2.75) is 32.2 Å². The molecule has 0 amide bonds. The Balaban J connectivity index is 0.00000176. The van der Waals surface area contributed by atoms with E-state index in [0.29, 0.717) is 12.5 Å². The molecular formula is C16H22IN5. The third-order valence-corrected chi connectivity index (χ3v) is 3.97. The Hall–Kier alpha value is -1.57. The molecule has 0 atom stereocenters. The molecule has 22 heavy (non-hydrogen) atoms. The number of rotatable bonds is 3. The average Bonchev–Trinajstić information content (AvgIpc) is 2.91. The van der Waals surface area contributed by atoms with Gasteiger partial charge in [0.25, 0.3) is 0 Å². The van der Waals surface area contributed by atoms with Gasteiger partial charge in [-0.3, -0.25) is 0 Å². The number of aromatic nitrogens is 2. The van der Waals surface area contributed by atoms with Gasteiger partial charge in [0.2, 0.25) is 0 Å². The molecule has 1 heterocycles. The van der Waals surface area contributed by atoms with E-state index in [1.165, 1.54) is 24.0 Å². The number of nitrogens with zero attached hydrogens (tertiary/aromatic N) is 3. The molecule has 1 aromatic heterocycles. The van der Waals surface area contributed by atoms with Crippen LogP contribution in [0.3, 0.4) is 0 Å². The van der Waals surface area contributed by atoms with Crippen molar-refractivity contribution in [3.05, 3.63) is 47.5 Å². The molecule has 0 aliphatic heterocycles. The van der Waals surface area contributed by atoms with Crippen LogP contribution in [-0.4, -0.2) is 15.5 Å². The molecule has 5 nitrogen and oxygen atoms in total. The lowest BCUT2D eigenvalue weighted by Gasteiger charge is -2.19. The van der Waals surface area contributed by atoms with Crippen LogP contribution in [0.25, 0.3) is 0 Å². The van der Waals surface area contributed by atoms with Gasteiger partial charge in [-0.15, -0.1) is 24.0 Å². The number of nitrogens with one attached hydrogen (secondary N) is 1. The number of benzene rings is 1. The quantitative estimate of drug-likeness (QED) is 0.464. The number of halogens is 1. The zero-order valence-electron chi connectivity index (χ0n) is 12.7. The van der Waals surface area contributed by atoms with Crippen LogP contribution in [0.15, 0.2) is 35.6 Å². The summed E-state index contributed by atoms with van der Waals surface area (Å²) in [6.07, 6.45) is 8.47. The molecule has 0 fully saturated rings. The van der Waals surface area contributed by atoms with Gasteiger partial charge >= 0.3 is 0 Å². The van der Waals surface area contributed by atoms with Crippen LogP contribution < -0.4 is 11.1 Å². The van der Waals surface area contributed by atoms with E-state index in [-0.39, 0.29) is 24.0 Å². The second kappa shape index (κ2) is 7.62. The van der Waals surface area contributed by atoms with E-state index in [1.54, 1.807) is 6.20 Å². The van der Waals surface area contributed by atoms with Gasteiger partial charge in [-0.25, -0.2) is 9.98 Å². The van der Waals surface area contributed by atoms with E-state index in [4.69, 9.17) is 5.73 Å². The zero-order chi connectivity index (χ0) is 14.7. The smallest absolute Gasteiger partial charge is 0.193 e. The fourth-order valence-electron chi connectivity index (χ4n) is 2.78. The zero-order valence-corrected chi connectivity index (χ0v) is 15.1. The maximum atomic E-state index is 6.01. The van der Waals surface area contributed by atoms with Crippen molar-refractivity contribution in [2.24, 2.45) is 17.8 Å². The highest BCUT2D eigenvalue weighted by Crippen LogP contribution is 2.27. The number of nitrogens with two attached hydrogens (primary N) is 1. The summed E-state index contributed by atoms with van der Waals surface area (Å²) in [5, 5.41) is 3.24. The molecule has 0 unspecified atom stereocenters. The van der Waals surface area contributed by atoms with Crippen molar-refractivity contribution in [1.82, 2.24) is 9.55 Å². The van der Waals surface area contributed by atoms with Crippen molar-refractivity contribution in [2.75, 3.05) is 5.32 Å². The van der Waals surface area contributed by atoms with E-state index in [2.05, 4.69) is 33.5 Å². The van der Waals surface area contributed by atoms with Crippen molar-refractivity contribution in [3.63, 3.8) is 0 Å². The Morgan fingerprint density at radius 1 is 1.36 bits per heavy atom. The van der Waals surface area contributed by atoms with Crippen molar-refractivity contribution in [1.29, 1.82) is 0 Å². The van der Waals surface area contributed by atoms with Gasteiger partial charge < -0.3 is 15.6 Å². The van der Waals surface area contributed by atoms with Crippen molar-refractivity contribution in [3.8, 4) is 0 Å². The van der Waals surface area contributed by atoms with Gasteiger partial charge in [-0.1, -0.05) is 12.1 Å². The van der Waals surface area contributed by atoms with E-state index in [9.17, 15) is 0 Å². The largest absolute Gasteiger partial charge is 0.370 e. The molecule has 1 aromatic carbocycles. The first-order chi connectivity index (χ1) is 10.2. The molecule has 3 rings (SSSR count). The van der Waals surface area contributed by atoms with E-state index < -0.39 is 0 Å². The monoisotopic (exact) mass is 411 g/mol. The third-order valence-electron chi connectivity index (χ3n) is 3.97. The normalized spacial score (nSPS) is 14.1. The SMILES string of the molecule is Cn1ccnc1CN=C(N)Nc1cccc2c1CCCC2.I. The number of anilines is 1. The summed E-state index contributed by atoms with van der Waals surface area (Å²) >= 11 is 0. The number of aryl methyl sites for hydroxylation is 2. The fraction of sp³-hybridized carbons (Fsp3) is 0.375. The highest BCUT2D eigenvalue weighted by Gasteiger charge is 2.13. The van der Waals surface area contributed by atoms with Gasteiger partial charge in [0.15, 0.2) is 5.96 Å². The van der Waals surface area contributed by atoms with E-state index in [0.717, 1.165) is 24.4 Å². The summed E-state index contributed by atoms with van der Waals surface area (Å²) in [5.74, 6) is 1.34. The third kappa shape index (κ3) is 3.79. The molecule has 2 aromatic rings. The van der Waals surface area contributed by atoms with Gasteiger partial charge in [0, 0.05) is 25.1 Å². The summed E-state index contributed by atoms with van der Waals surface area (Å²) in [6, 6.07) is 6.37. The lowest BCUT2D eigenvalue weighted by atomic mass is 9.90. The van der Waals surface area contributed by atoms with E-state index >= 15 is 0 Å². The Kier molecular flexibility index (Phi) is 5.82. The summed E-state index contributed by atoms with van der Waals surface area (Å²) in [5.41, 5.74) is 9.92. The Morgan fingerprint density at radius 3 is 2.95 bits per heavy atom. The second-order valence-corrected chi connectivity index (χ2v) is 5.43. The molecule has 6 heteroatoms. The molecule has 3 N–H and O–H groups in total. The predicted octanol–water partition coefficient (Wildman–Crippen LogP) is 2.84. The van der Waals surface area contributed by atoms with E-state index in [1.807, 2.05) is 17.8 Å². The summed E-state index contributed by atoms with van der Waals surface area (Å²) in [6.45, 7) is 0.483. The minimum atomic E-state index is 0. The number of aliphatic imine (C=N–C) groups is 1. The first-order valence-electron chi connectivity index (χ1n) is 7.38. The average molecular weight is 411 g/mol. The topological polar surface area (TPSA) is 68.2 Å². The molecule has 0 spiro atoms. The lowest BCUT2D eigenvalue weighted by molar-refractivity contribution is 0.687. The van der Waals surface area contributed by atoms with Crippen LogP contribution in [0, 0.1) is 0 Å². The predicted molar refractivity (Wildman–Crippen MR) is 101 cm³/mol. The molecule has 118 valence electrons.